The second kappa shape index (κ2) is 9.68. The topological polar surface area (TPSA) is 46.9 Å². The van der Waals surface area contributed by atoms with Gasteiger partial charge in [-0.25, -0.2) is 9.78 Å². The number of imidazole rings is 1. The predicted octanol–water partition coefficient (Wildman–Crippen LogP) is 3.58. The average molecular weight is 251 g/mol. The minimum Gasteiger partial charge on any atom is -0.337 e. The summed E-state index contributed by atoms with van der Waals surface area (Å²) in [4.78, 5) is 15.4. The molecule has 18 heavy (non-hydrogen) atoms. The molecule has 0 saturated heterocycles. The minimum absolute atomic E-state index is 0.0876. The van der Waals surface area contributed by atoms with E-state index in [9.17, 15) is 4.79 Å². The van der Waals surface area contributed by atoms with Crippen molar-refractivity contribution in [3.05, 3.63) is 18.7 Å². The second-order valence-corrected chi connectivity index (χ2v) is 4.68. The normalized spacial score (nSPS) is 10.5. The summed E-state index contributed by atoms with van der Waals surface area (Å²) in [5.74, 6) is 0. The number of nitrogens with zero attached hydrogens (tertiary/aromatic N) is 2. The van der Waals surface area contributed by atoms with Gasteiger partial charge in [0.25, 0.3) is 0 Å². The van der Waals surface area contributed by atoms with Crippen LogP contribution in [-0.4, -0.2) is 22.1 Å². The van der Waals surface area contributed by atoms with Gasteiger partial charge in [0.1, 0.15) is 6.33 Å². The van der Waals surface area contributed by atoms with Crippen molar-refractivity contribution >= 4 is 6.03 Å². The Labute approximate surface area is 110 Å². The van der Waals surface area contributed by atoms with Crippen molar-refractivity contribution in [1.29, 1.82) is 0 Å². The van der Waals surface area contributed by atoms with Crippen LogP contribution in [0.4, 0.5) is 4.79 Å². The van der Waals surface area contributed by atoms with Gasteiger partial charge in [0, 0.05) is 18.9 Å². The summed E-state index contributed by atoms with van der Waals surface area (Å²) < 4.78 is 1.46. The standard InChI is InChI=1S/C14H25N3O/c1-2-3-4-5-6-7-8-9-10-16-14(18)17-12-11-15-13-17/h11-13H,2-10H2,1H3,(H,16,18). The van der Waals surface area contributed by atoms with Crippen LogP contribution in [0.5, 0.6) is 0 Å². The molecule has 1 aromatic heterocycles. The Hall–Kier alpha value is -1.32. The molecule has 1 heterocycles. The molecular formula is C14H25N3O. The van der Waals surface area contributed by atoms with Crippen LogP contribution in [0, 0.1) is 0 Å². The van der Waals surface area contributed by atoms with E-state index in [1.807, 2.05) is 0 Å². The van der Waals surface area contributed by atoms with Gasteiger partial charge >= 0.3 is 6.03 Å². The Morgan fingerprint density at radius 2 is 1.78 bits per heavy atom. The molecule has 0 unspecified atom stereocenters. The Bertz CT molecular complexity index is 309. The van der Waals surface area contributed by atoms with E-state index < -0.39 is 0 Å². The van der Waals surface area contributed by atoms with E-state index in [0.717, 1.165) is 13.0 Å². The predicted molar refractivity (Wildman–Crippen MR) is 73.6 cm³/mol. The zero-order valence-electron chi connectivity index (χ0n) is 11.4. The molecule has 0 atom stereocenters. The molecule has 0 aliphatic carbocycles. The molecule has 4 heteroatoms. The smallest absolute Gasteiger partial charge is 0.326 e. The molecule has 0 radical (unpaired) electrons. The summed E-state index contributed by atoms with van der Waals surface area (Å²) in [6, 6.07) is -0.0876. The van der Waals surface area contributed by atoms with Gasteiger partial charge < -0.3 is 5.32 Å². The van der Waals surface area contributed by atoms with Crippen LogP contribution < -0.4 is 5.32 Å². The zero-order chi connectivity index (χ0) is 13.1. The first-order valence-electron chi connectivity index (χ1n) is 7.10. The number of carbonyl (C=O) groups excluding carboxylic acids is 1. The number of amides is 1. The highest BCUT2D eigenvalue weighted by Crippen LogP contribution is 2.07. The largest absolute Gasteiger partial charge is 0.337 e. The molecule has 0 aliphatic rings. The van der Waals surface area contributed by atoms with Crippen molar-refractivity contribution in [3.8, 4) is 0 Å². The van der Waals surface area contributed by atoms with Crippen LogP contribution in [0.3, 0.4) is 0 Å². The quantitative estimate of drug-likeness (QED) is 0.682. The van der Waals surface area contributed by atoms with E-state index in [1.165, 1.54) is 55.8 Å². The van der Waals surface area contributed by atoms with E-state index >= 15 is 0 Å². The molecule has 4 nitrogen and oxygen atoms in total. The second-order valence-electron chi connectivity index (χ2n) is 4.68. The lowest BCUT2D eigenvalue weighted by molar-refractivity contribution is 0.242. The van der Waals surface area contributed by atoms with Crippen molar-refractivity contribution in [3.63, 3.8) is 0 Å². The average Bonchev–Trinajstić information content (AvgIpc) is 2.90. The number of carbonyl (C=O) groups is 1. The monoisotopic (exact) mass is 251 g/mol. The molecule has 0 spiro atoms. The number of hydrogen-bond donors (Lipinski definition) is 1. The maximum absolute atomic E-state index is 11.5. The first kappa shape index (κ1) is 14.7. The van der Waals surface area contributed by atoms with Crippen LogP contribution >= 0.6 is 0 Å². The molecule has 0 fully saturated rings. The van der Waals surface area contributed by atoms with E-state index in [0.29, 0.717) is 0 Å². The lowest BCUT2D eigenvalue weighted by Crippen LogP contribution is -2.28. The molecule has 1 rings (SSSR count). The van der Waals surface area contributed by atoms with Crippen LogP contribution in [0.25, 0.3) is 0 Å². The Balaban J connectivity index is 1.88. The fourth-order valence-electron chi connectivity index (χ4n) is 1.92. The van der Waals surface area contributed by atoms with Crippen molar-refractivity contribution in [1.82, 2.24) is 14.9 Å². The molecule has 1 aromatic rings. The fourth-order valence-corrected chi connectivity index (χ4v) is 1.92. The summed E-state index contributed by atoms with van der Waals surface area (Å²) in [6.45, 7) is 2.99. The van der Waals surface area contributed by atoms with Crippen LogP contribution in [-0.2, 0) is 0 Å². The number of hydrogen-bond acceptors (Lipinski definition) is 2. The summed E-state index contributed by atoms with van der Waals surface area (Å²) in [5.41, 5.74) is 0. The summed E-state index contributed by atoms with van der Waals surface area (Å²) in [5, 5.41) is 2.88. The van der Waals surface area contributed by atoms with E-state index in [1.54, 1.807) is 12.4 Å². The molecule has 0 aromatic carbocycles. The molecule has 1 amide bonds. The molecule has 0 aliphatic heterocycles. The van der Waals surface area contributed by atoms with Crippen molar-refractivity contribution in [2.75, 3.05) is 6.54 Å². The molecule has 0 bridgehead atoms. The third-order valence-corrected chi connectivity index (χ3v) is 3.05. The lowest BCUT2D eigenvalue weighted by atomic mass is 10.1. The Kier molecular flexibility index (Phi) is 7.93. The van der Waals surface area contributed by atoms with E-state index in [4.69, 9.17) is 0 Å². The van der Waals surface area contributed by atoms with Gasteiger partial charge in [0.05, 0.1) is 0 Å². The minimum atomic E-state index is -0.0876. The van der Waals surface area contributed by atoms with Crippen molar-refractivity contribution in [2.45, 2.75) is 58.3 Å². The Morgan fingerprint density at radius 3 is 2.39 bits per heavy atom. The molecule has 102 valence electrons. The molecular weight excluding hydrogens is 226 g/mol. The third-order valence-electron chi connectivity index (χ3n) is 3.05. The first-order valence-corrected chi connectivity index (χ1v) is 7.10. The highest BCUT2D eigenvalue weighted by atomic mass is 16.2. The van der Waals surface area contributed by atoms with Crippen LogP contribution in [0.15, 0.2) is 18.7 Å². The number of nitrogens with one attached hydrogen (secondary N) is 1. The first-order chi connectivity index (χ1) is 8.84. The van der Waals surface area contributed by atoms with E-state index in [2.05, 4.69) is 17.2 Å². The molecule has 0 saturated carbocycles. The summed E-state index contributed by atoms with van der Waals surface area (Å²) in [7, 11) is 0. The maximum Gasteiger partial charge on any atom is 0.326 e. The van der Waals surface area contributed by atoms with E-state index in [-0.39, 0.29) is 6.03 Å². The van der Waals surface area contributed by atoms with Gasteiger partial charge in [-0.3, -0.25) is 4.57 Å². The maximum atomic E-state index is 11.5. The number of unbranched alkanes of at least 4 members (excludes halogenated alkanes) is 7. The highest BCUT2D eigenvalue weighted by Gasteiger charge is 2.00. The number of aromatic nitrogens is 2. The summed E-state index contributed by atoms with van der Waals surface area (Å²) >= 11 is 0. The van der Waals surface area contributed by atoms with Gasteiger partial charge in [-0.15, -0.1) is 0 Å². The Morgan fingerprint density at radius 1 is 1.11 bits per heavy atom. The van der Waals surface area contributed by atoms with Gasteiger partial charge in [0.15, 0.2) is 0 Å². The van der Waals surface area contributed by atoms with Gasteiger partial charge in [-0.05, 0) is 6.42 Å². The van der Waals surface area contributed by atoms with Crippen molar-refractivity contribution in [2.24, 2.45) is 0 Å². The SMILES string of the molecule is CCCCCCCCCCNC(=O)n1ccnc1. The summed E-state index contributed by atoms with van der Waals surface area (Å²) in [6.07, 6.45) is 15.1. The zero-order valence-corrected chi connectivity index (χ0v) is 11.4. The number of rotatable bonds is 9. The fraction of sp³-hybridized carbons (Fsp3) is 0.714. The highest BCUT2D eigenvalue weighted by molar-refractivity contribution is 5.76. The van der Waals surface area contributed by atoms with Crippen LogP contribution in [0.2, 0.25) is 0 Å². The lowest BCUT2D eigenvalue weighted by Gasteiger charge is -2.05. The third kappa shape index (κ3) is 6.42. The van der Waals surface area contributed by atoms with Gasteiger partial charge in [0.2, 0.25) is 0 Å². The van der Waals surface area contributed by atoms with Gasteiger partial charge in [-0.2, -0.15) is 0 Å². The van der Waals surface area contributed by atoms with Gasteiger partial charge in [-0.1, -0.05) is 51.9 Å². The van der Waals surface area contributed by atoms with Crippen LogP contribution in [0.1, 0.15) is 58.3 Å². The molecule has 1 N–H and O–H groups in total. The van der Waals surface area contributed by atoms with Crippen molar-refractivity contribution < 1.29 is 4.79 Å².